The highest BCUT2D eigenvalue weighted by atomic mass is 16.3. The molecule has 0 aromatic rings. The predicted octanol–water partition coefficient (Wildman–Crippen LogP) is 3.18. The van der Waals surface area contributed by atoms with E-state index in [1.54, 1.807) is 6.08 Å². The molecule has 0 aromatic heterocycles. The number of carbonyl (C=O) groups is 1. The van der Waals surface area contributed by atoms with Gasteiger partial charge in [0.05, 0.1) is 12.7 Å². The standard InChI is InChI=1S/C21H28O3/c1-20-9-7-15(23)11-14(20)3-5-16-17-6-4-13(8-10-22)21(17,2)12-18(24)19(16)20/h7-9,11,16-19,22,24H,3-6,10,12H2,1-2H3/t16-,17-,18-,19+,20-,21+/m0/s1. The molecule has 3 nitrogen and oxygen atoms in total. The molecule has 4 aliphatic carbocycles. The van der Waals surface area contributed by atoms with Gasteiger partial charge in [-0.15, -0.1) is 0 Å². The van der Waals surface area contributed by atoms with E-state index < -0.39 is 0 Å². The second-order valence-electron chi connectivity index (χ2n) is 8.66. The van der Waals surface area contributed by atoms with Crippen LogP contribution < -0.4 is 0 Å². The SMILES string of the molecule is C[C@]12C=CC(=O)C=C1CC[C@@H]1[C@@H]2[C@@H](O)C[C@]2(C)C(=CCO)CC[C@@H]12. The fraction of sp³-hybridized carbons (Fsp3) is 0.667. The van der Waals surface area contributed by atoms with Crippen LogP contribution in [0.15, 0.2) is 35.5 Å². The predicted molar refractivity (Wildman–Crippen MR) is 93.2 cm³/mol. The van der Waals surface area contributed by atoms with Crippen molar-refractivity contribution >= 4 is 5.78 Å². The van der Waals surface area contributed by atoms with Gasteiger partial charge >= 0.3 is 0 Å². The van der Waals surface area contributed by atoms with E-state index >= 15 is 0 Å². The number of ketones is 1. The summed E-state index contributed by atoms with van der Waals surface area (Å²) >= 11 is 0. The number of fused-ring (bicyclic) bond motifs is 5. The quantitative estimate of drug-likeness (QED) is 0.727. The summed E-state index contributed by atoms with van der Waals surface area (Å²) in [6, 6.07) is 0. The first-order chi connectivity index (χ1) is 11.4. The molecule has 0 saturated heterocycles. The number of hydrogen-bond acceptors (Lipinski definition) is 3. The molecular weight excluding hydrogens is 300 g/mol. The number of carbonyl (C=O) groups excluding carboxylic acids is 1. The maximum atomic E-state index is 11.8. The van der Waals surface area contributed by atoms with Gasteiger partial charge in [-0.2, -0.15) is 0 Å². The lowest BCUT2D eigenvalue weighted by Crippen LogP contribution is -2.55. The molecule has 4 aliphatic rings. The van der Waals surface area contributed by atoms with E-state index in [2.05, 4.69) is 19.9 Å². The van der Waals surface area contributed by atoms with Gasteiger partial charge in [0, 0.05) is 11.3 Å². The van der Waals surface area contributed by atoms with Gasteiger partial charge in [0.2, 0.25) is 0 Å². The van der Waals surface area contributed by atoms with E-state index in [-0.39, 0.29) is 35.2 Å². The largest absolute Gasteiger partial charge is 0.393 e. The van der Waals surface area contributed by atoms with Crippen molar-refractivity contribution in [2.75, 3.05) is 6.61 Å². The molecule has 0 heterocycles. The number of hydrogen-bond donors (Lipinski definition) is 2. The Bertz CT molecular complexity index is 658. The fourth-order valence-corrected chi connectivity index (χ4v) is 6.62. The molecular formula is C21H28O3. The van der Waals surface area contributed by atoms with E-state index in [1.165, 1.54) is 11.1 Å². The molecule has 3 heteroatoms. The fourth-order valence-electron chi connectivity index (χ4n) is 6.62. The molecule has 3 saturated carbocycles. The number of aliphatic hydroxyl groups excluding tert-OH is 2. The van der Waals surface area contributed by atoms with Crippen molar-refractivity contribution in [3.8, 4) is 0 Å². The van der Waals surface area contributed by atoms with Gasteiger partial charge in [-0.3, -0.25) is 4.79 Å². The van der Waals surface area contributed by atoms with Crippen molar-refractivity contribution in [1.29, 1.82) is 0 Å². The summed E-state index contributed by atoms with van der Waals surface area (Å²) in [6.07, 6.45) is 12.2. The number of rotatable bonds is 1. The van der Waals surface area contributed by atoms with E-state index in [0.29, 0.717) is 11.8 Å². The Morgan fingerprint density at radius 1 is 1.29 bits per heavy atom. The van der Waals surface area contributed by atoms with E-state index in [1.807, 2.05) is 12.2 Å². The summed E-state index contributed by atoms with van der Waals surface area (Å²) in [6.45, 7) is 4.60. The Kier molecular flexibility index (Phi) is 3.67. The number of aliphatic hydroxyl groups is 2. The molecule has 0 bridgehead atoms. The Hall–Kier alpha value is -1.19. The summed E-state index contributed by atoms with van der Waals surface area (Å²) in [7, 11) is 0. The van der Waals surface area contributed by atoms with Crippen LogP contribution in [0.25, 0.3) is 0 Å². The Labute approximate surface area is 144 Å². The second kappa shape index (κ2) is 5.40. The molecule has 0 aromatic carbocycles. The summed E-state index contributed by atoms with van der Waals surface area (Å²) in [5, 5.41) is 20.5. The van der Waals surface area contributed by atoms with Crippen LogP contribution in [-0.2, 0) is 4.79 Å². The molecule has 0 radical (unpaired) electrons. The van der Waals surface area contributed by atoms with Crippen molar-refractivity contribution in [2.45, 2.75) is 52.1 Å². The highest BCUT2D eigenvalue weighted by Gasteiger charge is 2.60. The monoisotopic (exact) mass is 328 g/mol. The van der Waals surface area contributed by atoms with Gasteiger partial charge in [-0.25, -0.2) is 0 Å². The molecule has 2 N–H and O–H groups in total. The number of allylic oxidation sites excluding steroid dienone is 5. The maximum absolute atomic E-state index is 11.8. The third-order valence-electron chi connectivity index (χ3n) is 7.68. The molecule has 0 aliphatic heterocycles. The Balaban J connectivity index is 1.74. The van der Waals surface area contributed by atoms with Crippen LogP contribution in [0.2, 0.25) is 0 Å². The topological polar surface area (TPSA) is 57.5 Å². The smallest absolute Gasteiger partial charge is 0.178 e. The van der Waals surface area contributed by atoms with Crippen LogP contribution in [0.5, 0.6) is 0 Å². The average Bonchev–Trinajstić information content (AvgIpc) is 2.84. The van der Waals surface area contributed by atoms with E-state index in [0.717, 1.165) is 32.1 Å². The molecule has 24 heavy (non-hydrogen) atoms. The second-order valence-corrected chi connectivity index (χ2v) is 8.66. The van der Waals surface area contributed by atoms with Crippen LogP contribution in [0, 0.1) is 28.6 Å². The van der Waals surface area contributed by atoms with Crippen molar-refractivity contribution in [2.24, 2.45) is 28.6 Å². The summed E-state index contributed by atoms with van der Waals surface area (Å²) < 4.78 is 0. The first-order valence-corrected chi connectivity index (χ1v) is 9.33. The van der Waals surface area contributed by atoms with E-state index in [4.69, 9.17) is 0 Å². The highest BCUT2D eigenvalue weighted by molar-refractivity contribution is 6.01. The van der Waals surface area contributed by atoms with Gasteiger partial charge in [-0.1, -0.05) is 37.1 Å². The zero-order chi connectivity index (χ0) is 17.1. The Morgan fingerprint density at radius 2 is 2.08 bits per heavy atom. The maximum Gasteiger partial charge on any atom is 0.178 e. The lowest BCUT2D eigenvalue weighted by molar-refractivity contribution is -0.112. The first-order valence-electron chi connectivity index (χ1n) is 9.33. The minimum absolute atomic E-state index is 0.0229. The third kappa shape index (κ3) is 2.07. The lowest BCUT2D eigenvalue weighted by Gasteiger charge is -2.58. The van der Waals surface area contributed by atoms with Gasteiger partial charge in [0.15, 0.2) is 5.78 Å². The minimum Gasteiger partial charge on any atom is -0.393 e. The minimum atomic E-state index is -0.358. The first kappa shape index (κ1) is 16.3. The molecule has 130 valence electrons. The molecule has 0 unspecified atom stereocenters. The summed E-state index contributed by atoms with van der Waals surface area (Å²) in [4.78, 5) is 11.8. The van der Waals surface area contributed by atoms with Crippen LogP contribution in [-0.4, -0.2) is 28.7 Å². The zero-order valence-corrected chi connectivity index (χ0v) is 14.7. The van der Waals surface area contributed by atoms with Crippen molar-refractivity contribution < 1.29 is 15.0 Å². The average molecular weight is 328 g/mol. The molecule has 3 fully saturated rings. The highest BCUT2D eigenvalue weighted by Crippen LogP contribution is 2.65. The molecule has 4 rings (SSSR count). The third-order valence-corrected chi connectivity index (χ3v) is 7.68. The van der Waals surface area contributed by atoms with Crippen molar-refractivity contribution in [1.82, 2.24) is 0 Å². The van der Waals surface area contributed by atoms with Crippen LogP contribution in [0.4, 0.5) is 0 Å². The normalized spacial score (nSPS) is 48.8. The van der Waals surface area contributed by atoms with Crippen molar-refractivity contribution in [3.05, 3.63) is 35.5 Å². The Morgan fingerprint density at radius 3 is 2.83 bits per heavy atom. The van der Waals surface area contributed by atoms with Gasteiger partial charge in [0.25, 0.3) is 0 Å². The lowest BCUT2D eigenvalue weighted by atomic mass is 9.47. The summed E-state index contributed by atoms with van der Waals surface area (Å²) in [5.74, 6) is 1.36. The summed E-state index contributed by atoms with van der Waals surface area (Å²) in [5.41, 5.74) is 2.40. The van der Waals surface area contributed by atoms with Crippen LogP contribution in [0.1, 0.15) is 46.0 Å². The van der Waals surface area contributed by atoms with Gasteiger partial charge in [-0.05, 0) is 61.5 Å². The van der Waals surface area contributed by atoms with Crippen molar-refractivity contribution in [3.63, 3.8) is 0 Å². The molecule has 6 atom stereocenters. The molecule has 0 spiro atoms. The van der Waals surface area contributed by atoms with Crippen LogP contribution >= 0.6 is 0 Å². The molecule has 0 amide bonds. The van der Waals surface area contributed by atoms with E-state index in [9.17, 15) is 15.0 Å². The van der Waals surface area contributed by atoms with Crippen LogP contribution in [0.3, 0.4) is 0 Å². The zero-order valence-electron chi connectivity index (χ0n) is 14.7. The van der Waals surface area contributed by atoms with Gasteiger partial charge in [0.1, 0.15) is 0 Å². The van der Waals surface area contributed by atoms with Gasteiger partial charge < -0.3 is 10.2 Å².